The molecule has 12 heteroatoms. The Kier molecular flexibility index (Phi) is 5.56. The molecule has 2 fully saturated rings. The van der Waals surface area contributed by atoms with E-state index in [1.807, 2.05) is 20.0 Å². The van der Waals surface area contributed by atoms with Gasteiger partial charge in [-0.15, -0.1) is 12.4 Å². The predicted molar refractivity (Wildman–Crippen MR) is 108 cm³/mol. The molecule has 2 unspecified atom stereocenters. The highest BCUT2D eigenvalue weighted by Crippen LogP contribution is 2.57. The average Bonchev–Trinajstić information content (AvgIpc) is 3.16. The minimum absolute atomic E-state index is 0. The van der Waals surface area contributed by atoms with Crippen LogP contribution in [0.2, 0.25) is 0 Å². The van der Waals surface area contributed by atoms with Crippen LogP contribution in [0.4, 0.5) is 14.5 Å². The van der Waals surface area contributed by atoms with Crippen LogP contribution in [0.15, 0.2) is 24.7 Å². The largest absolute Gasteiger partial charge is 0.473 e. The van der Waals surface area contributed by atoms with Crippen LogP contribution in [0.1, 0.15) is 42.5 Å². The van der Waals surface area contributed by atoms with Gasteiger partial charge in [0.1, 0.15) is 5.69 Å². The van der Waals surface area contributed by atoms with Gasteiger partial charge in [0.15, 0.2) is 5.69 Å². The first kappa shape index (κ1) is 21.4. The third-order valence-corrected chi connectivity index (χ3v) is 5.36. The first-order chi connectivity index (χ1) is 14.4. The van der Waals surface area contributed by atoms with Crippen LogP contribution in [0.3, 0.4) is 0 Å². The van der Waals surface area contributed by atoms with Gasteiger partial charge in [0.25, 0.3) is 5.91 Å². The van der Waals surface area contributed by atoms with E-state index in [9.17, 15) is 13.6 Å². The molecule has 3 aromatic heterocycles. The van der Waals surface area contributed by atoms with Gasteiger partial charge in [0, 0.05) is 24.5 Å². The fourth-order valence-corrected chi connectivity index (χ4v) is 3.92. The van der Waals surface area contributed by atoms with Crippen molar-refractivity contribution < 1.29 is 23.0 Å². The van der Waals surface area contributed by atoms with E-state index in [2.05, 4.69) is 20.4 Å². The van der Waals surface area contributed by atoms with Crippen LogP contribution in [0.25, 0.3) is 5.78 Å². The van der Waals surface area contributed by atoms with E-state index in [0.29, 0.717) is 33.9 Å². The quantitative estimate of drug-likeness (QED) is 0.614. The number of amides is 1. The summed E-state index contributed by atoms with van der Waals surface area (Å²) < 4.78 is 38.8. The monoisotopic (exact) mass is 454 g/mol. The Morgan fingerprint density at radius 3 is 2.65 bits per heavy atom. The standard InChI is InChI=1S/C19H20F2N6O3.ClH/c1-9(2)30-17-14(22-16(28)12-3-4-27(25-12)18(20)21)6-26-5-13(23-19(26)24-17)15-10-7-29-8-11(10)15;/h3-6,9-11,15,18H,7-8H2,1-2H3,(H,22,28);1H. The lowest BCUT2D eigenvalue weighted by Gasteiger charge is -2.13. The second kappa shape index (κ2) is 8.04. The fraction of sp³-hybridized carbons (Fsp3) is 0.474. The van der Waals surface area contributed by atoms with Gasteiger partial charge in [-0.25, -0.2) is 9.67 Å². The number of hydrogen-bond acceptors (Lipinski definition) is 6. The van der Waals surface area contributed by atoms with Gasteiger partial charge in [-0.05, 0) is 31.7 Å². The van der Waals surface area contributed by atoms with Crippen molar-refractivity contribution in [2.75, 3.05) is 18.5 Å². The third kappa shape index (κ3) is 3.94. The van der Waals surface area contributed by atoms with Crippen LogP contribution in [-0.2, 0) is 4.74 Å². The van der Waals surface area contributed by atoms with Crippen molar-refractivity contribution in [1.29, 1.82) is 0 Å². The number of carbonyl (C=O) groups excluding carboxylic acids is 1. The molecule has 3 aromatic rings. The van der Waals surface area contributed by atoms with E-state index in [4.69, 9.17) is 9.47 Å². The number of nitrogens with one attached hydrogen (secondary N) is 1. The third-order valence-electron chi connectivity index (χ3n) is 5.36. The van der Waals surface area contributed by atoms with Crippen molar-refractivity contribution >= 4 is 29.8 Å². The number of nitrogens with zero attached hydrogens (tertiary/aromatic N) is 5. The van der Waals surface area contributed by atoms with Gasteiger partial charge >= 0.3 is 6.55 Å². The second-order valence-electron chi connectivity index (χ2n) is 7.80. The summed E-state index contributed by atoms with van der Waals surface area (Å²) in [5.74, 6) is 1.41. The molecule has 1 aliphatic heterocycles. The topological polar surface area (TPSA) is 95.6 Å². The molecule has 1 aliphatic carbocycles. The average molecular weight is 455 g/mol. The Morgan fingerprint density at radius 2 is 2.00 bits per heavy atom. The Bertz CT molecular complexity index is 1110. The van der Waals surface area contributed by atoms with Crippen molar-refractivity contribution in [2.24, 2.45) is 11.8 Å². The highest BCUT2D eigenvalue weighted by atomic mass is 35.5. The number of imidazole rings is 1. The number of rotatable bonds is 6. The van der Waals surface area contributed by atoms with E-state index < -0.39 is 12.5 Å². The zero-order chi connectivity index (χ0) is 21.0. The number of halogens is 3. The predicted octanol–water partition coefficient (Wildman–Crippen LogP) is 3.14. The Labute approximate surface area is 182 Å². The van der Waals surface area contributed by atoms with Crippen LogP contribution >= 0.6 is 12.4 Å². The first-order valence-electron chi connectivity index (χ1n) is 9.69. The Balaban J connectivity index is 0.00000231. The fourth-order valence-electron chi connectivity index (χ4n) is 3.92. The van der Waals surface area contributed by atoms with Crippen molar-refractivity contribution in [3.05, 3.63) is 36.0 Å². The number of anilines is 1. The lowest BCUT2D eigenvalue weighted by molar-refractivity contribution is 0.0561. The minimum Gasteiger partial charge on any atom is -0.473 e. The zero-order valence-electron chi connectivity index (χ0n) is 16.7. The van der Waals surface area contributed by atoms with Crippen LogP contribution in [-0.4, -0.2) is 49.4 Å². The molecular formula is C19H21ClF2N6O3. The van der Waals surface area contributed by atoms with Gasteiger partial charge in [0.05, 0.1) is 25.0 Å². The van der Waals surface area contributed by atoms with E-state index in [-0.39, 0.29) is 30.1 Å². The summed E-state index contributed by atoms with van der Waals surface area (Å²) in [6.07, 6.45) is 4.41. The molecule has 0 bridgehead atoms. The number of aromatic nitrogens is 5. The maximum absolute atomic E-state index is 12.7. The van der Waals surface area contributed by atoms with Crippen LogP contribution in [0.5, 0.6) is 5.88 Å². The molecule has 2 aliphatic rings. The highest BCUT2D eigenvalue weighted by molar-refractivity contribution is 6.03. The minimum atomic E-state index is -2.82. The van der Waals surface area contributed by atoms with Crippen molar-refractivity contribution in [3.8, 4) is 5.88 Å². The lowest BCUT2D eigenvalue weighted by Crippen LogP contribution is -2.17. The molecule has 0 radical (unpaired) electrons. The van der Waals surface area contributed by atoms with Crippen LogP contribution < -0.4 is 10.1 Å². The first-order valence-corrected chi connectivity index (χ1v) is 9.69. The molecule has 1 saturated carbocycles. The van der Waals surface area contributed by atoms with Gasteiger partial charge in [0.2, 0.25) is 11.7 Å². The van der Waals surface area contributed by atoms with Crippen LogP contribution in [0, 0.1) is 11.8 Å². The molecule has 4 heterocycles. The molecule has 0 spiro atoms. The van der Waals surface area contributed by atoms with Gasteiger partial charge in [-0.1, -0.05) is 0 Å². The summed E-state index contributed by atoms with van der Waals surface area (Å²) in [6, 6.07) is 1.22. The van der Waals surface area contributed by atoms with Crippen molar-refractivity contribution in [1.82, 2.24) is 24.1 Å². The molecule has 1 N–H and O–H groups in total. The second-order valence-corrected chi connectivity index (χ2v) is 7.80. The molecule has 166 valence electrons. The van der Waals surface area contributed by atoms with Gasteiger partial charge in [-0.3, -0.25) is 9.20 Å². The summed E-state index contributed by atoms with van der Waals surface area (Å²) in [6.45, 7) is 2.37. The van der Waals surface area contributed by atoms with E-state index in [0.717, 1.165) is 25.1 Å². The summed E-state index contributed by atoms with van der Waals surface area (Å²) in [5, 5.41) is 6.24. The van der Waals surface area contributed by atoms with Gasteiger partial charge < -0.3 is 14.8 Å². The van der Waals surface area contributed by atoms with E-state index in [1.165, 1.54) is 6.07 Å². The molecule has 0 aromatic carbocycles. The van der Waals surface area contributed by atoms with E-state index >= 15 is 0 Å². The maximum Gasteiger partial charge on any atom is 0.333 e. The summed E-state index contributed by atoms with van der Waals surface area (Å²) in [4.78, 5) is 21.6. The SMILES string of the molecule is CC(C)Oc1nc2nc(C3C4COCC43)cn2cc1NC(=O)c1ccn(C(F)F)n1.Cl. The molecule has 5 rings (SSSR count). The van der Waals surface area contributed by atoms with Crippen molar-refractivity contribution in [3.63, 3.8) is 0 Å². The number of hydrogen-bond donors (Lipinski definition) is 1. The highest BCUT2D eigenvalue weighted by Gasteiger charge is 2.55. The number of fused-ring (bicyclic) bond motifs is 2. The van der Waals surface area contributed by atoms with E-state index in [1.54, 1.807) is 10.6 Å². The summed E-state index contributed by atoms with van der Waals surface area (Å²) >= 11 is 0. The molecule has 9 nitrogen and oxygen atoms in total. The normalized spacial score (nSPS) is 21.9. The maximum atomic E-state index is 12.7. The summed E-state index contributed by atoms with van der Waals surface area (Å²) in [5.41, 5.74) is 1.11. The Morgan fingerprint density at radius 1 is 1.26 bits per heavy atom. The number of alkyl halides is 2. The van der Waals surface area contributed by atoms with Crippen molar-refractivity contribution in [2.45, 2.75) is 32.4 Å². The Hall–Kier alpha value is -2.79. The molecule has 2 atom stereocenters. The molecule has 31 heavy (non-hydrogen) atoms. The molecule has 1 saturated heterocycles. The summed E-state index contributed by atoms with van der Waals surface area (Å²) in [7, 11) is 0. The molecular weight excluding hydrogens is 434 g/mol. The zero-order valence-corrected chi connectivity index (χ0v) is 17.6. The number of carbonyl (C=O) groups is 1. The van der Waals surface area contributed by atoms with Gasteiger partial charge in [-0.2, -0.15) is 18.9 Å². The lowest BCUT2D eigenvalue weighted by atomic mass is 10.2. The number of ether oxygens (including phenoxy) is 2. The molecule has 1 amide bonds. The smallest absolute Gasteiger partial charge is 0.333 e.